The van der Waals surface area contributed by atoms with Gasteiger partial charge < -0.3 is 23.8 Å². The van der Waals surface area contributed by atoms with Gasteiger partial charge in [0, 0.05) is 6.42 Å². The zero-order chi connectivity index (χ0) is 23.4. The van der Waals surface area contributed by atoms with Gasteiger partial charge in [0.2, 0.25) is 0 Å². The SMILES string of the molecule is C[C@@H]1OC(O)(C2(O)CCCC2)C[C@H](O[Si](C)(C)C(C)(C)C)[C@@H]1O[Si](C)(C)C(C)(C)C. The Morgan fingerprint density at radius 3 is 1.70 bits per heavy atom. The van der Waals surface area contributed by atoms with Crippen LogP contribution in [0.3, 0.4) is 0 Å². The molecule has 0 spiro atoms. The molecule has 4 atom stereocenters. The maximum atomic E-state index is 11.6. The first-order valence-electron chi connectivity index (χ1n) is 11.7. The van der Waals surface area contributed by atoms with Crippen LogP contribution >= 0.6 is 0 Å². The Kier molecular flexibility index (Phi) is 7.26. The van der Waals surface area contributed by atoms with Crippen molar-refractivity contribution in [2.24, 2.45) is 0 Å². The predicted octanol–water partition coefficient (Wildman–Crippen LogP) is 5.57. The Bertz CT molecular complexity index is 602. The van der Waals surface area contributed by atoms with Gasteiger partial charge in [-0.1, -0.05) is 54.4 Å². The van der Waals surface area contributed by atoms with Crippen molar-refractivity contribution in [2.75, 3.05) is 0 Å². The van der Waals surface area contributed by atoms with E-state index in [0.717, 1.165) is 12.8 Å². The van der Waals surface area contributed by atoms with Gasteiger partial charge in [-0.2, -0.15) is 0 Å². The molecule has 1 saturated carbocycles. The van der Waals surface area contributed by atoms with Crippen molar-refractivity contribution < 1.29 is 23.8 Å². The van der Waals surface area contributed by atoms with E-state index in [4.69, 9.17) is 13.6 Å². The zero-order valence-corrected chi connectivity index (χ0v) is 23.4. The molecule has 1 saturated heterocycles. The lowest BCUT2D eigenvalue weighted by Crippen LogP contribution is -2.67. The van der Waals surface area contributed by atoms with E-state index >= 15 is 0 Å². The summed E-state index contributed by atoms with van der Waals surface area (Å²) in [5.41, 5.74) is -1.21. The van der Waals surface area contributed by atoms with Crippen LogP contribution in [0.25, 0.3) is 0 Å². The summed E-state index contributed by atoms with van der Waals surface area (Å²) in [6.45, 7) is 24.3. The second-order valence-electron chi connectivity index (χ2n) is 12.8. The molecule has 1 aliphatic heterocycles. The Balaban J connectivity index is 2.40. The van der Waals surface area contributed by atoms with Crippen molar-refractivity contribution in [2.45, 2.75) is 147 Å². The molecule has 2 N–H and O–H groups in total. The van der Waals surface area contributed by atoms with Crippen molar-refractivity contribution in [3.8, 4) is 0 Å². The molecule has 0 aromatic rings. The normalized spacial score (nSPS) is 33.7. The minimum Gasteiger partial charge on any atom is -0.411 e. The minimum absolute atomic E-state index is 0.0401. The fourth-order valence-corrected chi connectivity index (χ4v) is 6.82. The summed E-state index contributed by atoms with van der Waals surface area (Å²) in [6.07, 6.45) is 2.27. The molecular weight excluding hydrogens is 412 g/mol. The highest BCUT2D eigenvalue weighted by molar-refractivity contribution is 6.74. The average molecular weight is 461 g/mol. The molecule has 0 bridgehead atoms. The van der Waals surface area contributed by atoms with Crippen LogP contribution < -0.4 is 0 Å². The second kappa shape index (κ2) is 8.22. The molecule has 30 heavy (non-hydrogen) atoms. The smallest absolute Gasteiger partial charge is 0.197 e. The molecule has 0 aromatic heterocycles. The third-order valence-electron chi connectivity index (χ3n) is 8.33. The maximum Gasteiger partial charge on any atom is 0.197 e. The molecule has 7 heteroatoms. The van der Waals surface area contributed by atoms with Gasteiger partial charge in [-0.15, -0.1) is 0 Å². The van der Waals surface area contributed by atoms with Crippen molar-refractivity contribution in [1.29, 1.82) is 0 Å². The fraction of sp³-hybridized carbons (Fsp3) is 1.00. The molecule has 0 amide bonds. The molecule has 1 heterocycles. The van der Waals surface area contributed by atoms with Gasteiger partial charge >= 0.3 is 0 Å². The van der Waals surface area contributed by atoms with Gasteiger partial charge in [0.05, 0.1) is 18.3 Å². The first-order chi connectivity index (χ1) is 13.2. The Hall–Kier alpha value is 0.234. The van der Waals surface area contributed by atoms with E-state index in [9.17, 15) is 10.2 Å². The second-order valence-corrected chi connectivity index (χ2v) is 22.3. The minimum atomic E-state index is -2.12. The van der Waals surface area contributed by atoms with Crippen LogP contribution in [0.5, 0.6) is 0 Å². The van der Waals surface area contributed by atoms with E-state index in [1.807, 2.05) is 6.92 Å². The summed E-state index contributed by atoms with van der Waals surface area (Å²) >= 11 is 0. The monoisotopic (exact) mass is 460 g/mol. The topological polar surface area (TPSA) is 68.2 Å². The van der Waals surface area contributed by atoms with Crippen molar-refractivity contribution in [3.05, 3.63) is 0 Å². The van der Waals surface area contributed by atoms with Crippen LogP contribution in [0.2, 0.25) is 36.3 Å². The highest BCUT2D eigenvalue weighted by Gasteiger charge is 2.60. The predicted molar refractivity (Wildman–Crippen MR) is 128 cm³/mol. The summed E-state index contributed by atoms with van der Waals surface area (Å²) in [5.74, 6) is -1.59. The maximum absolute atomic E-state index is 11.6. The number of hydrogen-bond donors (Lipinski definition) is 2. The molecule has 5 nitrogen and oxygen atoms in total. The van der Waals surface area contributed by atoms with Gasteiger partial charge in [-0.25, -0.2) is 0 Å². The Labute approximate surface area is 187 Å². The number of ether oxygens (including phenoxy) is 1. The van der Waals surface area contributed by atoms with Crippen LogP contribution in [0.15, 0.2) is 0 Å². The molecule has 0 radical (unpaired) electrons. The molecule has 2 rings (SSSR count). The van der Waals surface area contributed by atoms with Crippen LogP contribution in [0.4, 0.5) is 0 Å². The van der Waals surface area contributed by atoms with E-state index in [-0.39, 0.29) is 34.8 Å². The molecule has 178 valence electrons. The first-order valence-corrected chi connectivity index (χ1v) is 17.5. The fourth-order valence-electron chi connectivity index (χ4n) is 4.12. The first kappa shape index (κ1) is 26.5. The van der Waals surface area contributed by atoms with Crippen molar-refractivity contribution >= 4 is 16.6 Å². The summed E-state index contributed by atoms with van der Waals surface area (Å²) in [5, 5.41) is 22.9. The number of aliphatic hydroxyl groups is 2. The quantitative estimate of drug-likeness (QED) is 0.525. The Morgan fingerprint density at radius 1 is 0.833 bits per heavy atom. The Morgan fingerprint density at radius 2 is 1.27 bits per heavy atom. The lowest BCUT2D eigenvalue weighted by molar-refractivity contribution is -0.354. The lowest BCUT2D eigenvalue weighted by Gasteiger charge is -2.54. The standard InChI is InChI=1S/C23H48O5Si2/c1-17-19(28-30(10,11)21(5,6)7)18(27-29(8,9)20(2,3)4)16-23(25,26-17)22(24)14-12-13-15-22/h17-19,24-25H,12-16H2,1-11H3/t17-,18-,19+,23?/m0/s1. The summed E-state index contributed by atoms with van der Waals surface area (Å²) in [6, 6.07) is 0. The molecule has 0 aromatic carbocycles. The average Bonchev–Trinajstić information content (AvgIpc) is 2.97. The van der Waals surface area contributed by atoms with E-state index in [0.29, 0.717) is 12.8 Å². The molecule has 2 fully saturated rings. The third kappa shape index (κ3) is 5.08. The van der Waals surface area contributed by atoms with Gasteiger partial charge in [0.1, 0.15) is 5.60 Å². The van der Waals surface area contributed by atoms with E-state index < -0.39 is 28.0 Å². The lowest BCUT2D eigenvalue weighted by atomic mass is 9.83. The highest BCUT2D eigenvalue weighted by atomic mass is 28.4. The number of hydrogen-bond acceptors (Lipinski definition) is 5. The molecule has 1 aliphatic carbocycles. The van der Waals surface area contributed by atoms with E-state index in [1.165, 1.54) is 0 Å². The van der Waals surface area contributed by atoms with Gasteiger partial charge in [-0.3, -0.25) is 0 Å². The van der Waals surface area contributed by atoms with Gasteiger partial charge in [0.25, 0.3) is 0 Å². The van der Waals surface area contributed by atoms with Gasteiger partial charge in [-0.05, 0) is 56.0 Å². The van der Waals surface area contributed by atoms with Gasteiger partial charge in [0.15, 0.2) is 22.4 Å². The van der Waals surface area contributed by atoms with Crippen LogP contribution in [-0.2, 0) is 13.6 Å². The molecule has 2 aliphatic rings. The largest absolute Gasteiger partial charge is 0.411 e. The van der Waals surface area contributed by atoms with Crippen molar-refractivity contribution in [3.63, 3.8) is 0 Å². The number of rotatable bonds is 5. The van der Waals surface area contributed by atoms with E-state index in [2.05, 4.69) is 67.7 Å². The summed E-state index contributed by atoms with van der Waals surface area (Å²) < 4.78 is 19.9. The summed E-state index contributed by atoms with van der Waals surface area (Å²) in [7, 11) is -4.21. The van der Waals surface area contributed by atoms with Crippen molar-refractivity contribution in [1.82, 2.24) is 0 Å². The molecular formula is C23H48O5Si2. The molecule has 1 unspecified atom stereocenters. The van der Waals surface area contributed by atoms with Crippen LogP contribution in [-0.4, -0.2) is 56.5 Å². The van der Waals surface area contributed by atoms with Crippen LogP contribution in [0, 0.1) is 0 Å². The zero-order valence-electron chi connectivity index (χ0n) is 21.4. The highest BCUT2D eigenvalue weighted by Crippen LogP contribution is 2.49. The van der Waals surface area contributed by atoms with E-state index in [1.54, 1.807) is 0 Å². The third-order valence-corrected chi connectivity index (χ3v) is 17.3. The van der Waals surface area contributed by atoms with Crippen LogP contribution in [0.1, 0.15) is 80.6 Å². The summed E-state index contributed by atoms with van der Waals surface area (Å²) in [4.78, 5) is 0.